The molecule has 0 amide bonds. The van der Waals surface area contributed by atoms with Gasteiger partial charge in [-0.3, -0.25) is 0 Å². The molecule has 0 aliphatic heterocycles. The molecule has 0 fully saturated rings. The summed E-state index contributed by atoms with van der Waals surface area (Å²) in [6.07, 6.45) is 2.04. The maximum atomic E-state index is 5.96. The molecular weight excluding hydrogens is 208 g/mol. The second kappa shape index (κ2) is 4.51. The van der Waals surface area contributed by atoms with Crippen molar-refractivity contribution < 1.29 is 0 Å². The van der Waals surface area contributed by atoms with Crippen LogP contribution in [0.2, 0.25) is 5.02 Å². The fraction of sp³-hybridized carbons (Fsp3) is 0.167. The van der Waals surface area contributed by atoms with Crippen LogP contribution in [0.25, 0.3) is 5.69 Å². The third kappa shape index (κ3) is 2.22. The largest absolute Gasteiger partial charge is 0.320 e. The number of nitrogens with zero attached hydrogens (tertiary/aromatic N) is 1. The second-order valence-electron chi connectivity index (χ2n) is 3.38. The van der Waals surface area contributed by atoms with E-state index in [9.17, 15) is 0 Å². The molecule has 1 aromatic carbocycles. The molecule has 1 heterocycles. The van der Waals surface area contributed by atoms with Crippen molar-refractivity contribution in [2.45, 2.75) is 6.54 Å². The predicted molar refractivity (Wildman–Crippen MR) is 63.5 cm³/mol. The molecular formula is C12H13ClN2. The maximum Gasteiger partial charge on any atom is 0.0467 e. The van der Waals surface area contributed by atoms with Gasteiger partial charge in [-0.05, 0) is 37.4 Å². The van der Waals surface area contributed by atoms with Crippen molar-refractivity contribution in [3.05, 3.63) is 53.3 Å². The van der Waals surface area contributed by atoms with Crippen LogP contribution in [-0.2, 0) is 6.54 Å². The van der Waals surface area contributed by atoms with Crippen molar-refractivity contribution >= 4 is 11.6 Å². The first-order valence-electron chi connectivity index (χ1n) is 4.88. The van der Waals surface area contributed by atoms with E-state index in [2.05, 4.69) is 16.0 Å². The molecule has 0 radical (unpaired) electrons. The van der Waals surface area contributed by atoms with Crippen molar-refractivity contribution in [2.24, 2.45) is 0 Å². The van der Waals surface area contributed by atoms with Crippen molar-refractivity contribution in [2.75, 3.05) is 7.05 Å². The van der Waals surface area contributed by atoms with E-state index in [4.69, 9.17) is 11.6 Å². The van der Waals surface area contributed by atoms with Crippen molar-refractivity contribution in [1.82, 2.24) is 9.88 Å². The Labute approximate surface area is 94.5 Å². The van der Waals surface area contributed by atoms with Gasteiger partial charge in [0.15, 0.2) is 0 Å². The molecule has 0 atom stereocenters. The average molecular weight is 221 g/mol. The standard InChI is InChI=1S/C12H13ClN2/c1-14-9-12-6-3-7-15(12)11-5-2-4-10(13)8-11/h2-8,14H,9H2,1H3. The van der Waals surface area contributed by atoms with Crippen LogP contribution in [0.4, 0.5) is 0 Å². The Morgan fingerprint density at radius 2 is 2.13 bits per heavy atom. The molecule has 0 unspecified atom stereocenters. The number of hydrogen-bond donors (Lipinski definition) is 1. The lowest BCUT2D eigenvalue weighted by molar-refractivity contribution is 0.768. The van der Waals surface area contributed by atoms with Gasteiger partial charge in [-0.2, -0.15) is 0 Å². The highest BCUT2D eigenvalue weighted by molar-refractivity contribution is 6.30. The summed E-state index contributed by atoms with van der Waals surface area (Å²) in [6.45, 7) is 0.847. The van der Waals surface area contributed by atoms with Crippen LogP contribution >= 0.6 is 11.6 Å². The highest BCUT2D eigenvalue weighted by Crippen LogP contribution is 2.17. The van der Waals surface area contributed by atoms with Gasteiger partial charge in [0, 0.05) is 29.1 Å². The van der Waals surface area contributed by atoms with Gasteiger partial charge in [-0.15, -0.1) is 0 Å². The van der Waals surface area contributed by atoms with Crippen LogP contribution in [-0.4, -0.2) is 11.6 Å². The van der Waals surface area contributed by atoms with E-state index >= 15 is 0 Å². The Hall–Kier alpha value is -1.25. The van der Waals surface area contributed by atoms with Gasteiger partial charge in [-0.1, -0.05) is 17.7 Å². The number of benzene rings is 1. The van der Waals surface area contributed by atoms with Crippen LogP contribution in [0.1, 0.15) is 5.69 Å². The van der Waals surface area contributed by atoms with Gasteiger partial charge in [0.25, 0.3) is 0 Å². The molecule has 2 nitrogen and oxygen atoms in total. The number of rotatable bonds is 3. The van der Waals surface area contributed by atoms with Gasteiger partial charge in [0.2, 0.25) is 0 Å². The molecule has 3 heteroatoms. The van der Waals surface area contributed by atoms with Crippen LogP contribution in [0.3, 0.4) is 0 Å². The summed E-state index contributed by atoms with van der Waals surface area (Å²) in [5.41, 5.74) is 2.32. The lowest BCUT2D eigenvalue weighted by atomic mass is 10.3. The van der Waals surface area contributed by atoms with Gasteiger partial charge in [0.1, 0.15) is 0 Å². The van der Waals surface area contributed by atoms with Crippen LogP contribution in [0, 0.1) is 0 Å². The number of halogens is 1. The molecule has 2 aromatic rings. The maximum absolute atomic E-state index is 5.96. The predicted octanol–water partition coefficient (Wildman–Crippen LogP) is 2.85. The van der Waals surface area contributed by atoms with Crippen molar-refractivity contribution in [1.29, 1.82) is 0 Å². The molecule has 0 aliphatic rings. The summed E-state index contributed by atoms with van der Waals surface area (Å²) in [7, 11) is 1.94. The van der Waals surface area contributed by atoms with E-state index in [1.165, 1.54) is 5.69 Å². The van der Waals surface area contributed by atoms with Crippen molar-refractivity contribution in [3.8, 4) is 5.69 Å². The zero-order chi connectivity index (χ0) is 10.7. The second-order valence-corrected chi connectivity index (χ2v) is 3.82. The number of aromatic nitrogens is 1. The van der Waals surface area contributed by atoms with Gasteiger partial charge < -0.3 is 9.88 Å². The molecule has 0 bridgehead atoms. The van der Waals surface area contributed by atoms with Crippen molar-refractivity contribution in [3.63, 3.8) is 0 Å². The minimum Gasteiger partial charge on any atom is -0.320 e. The lowest BCUT2D eigenvalue weighted by Gasteiger charge is -2.08. The Morgan fingerprint density at radius 1 is 1.27 bits per heavy atom. The molecule has 78 valence electrons. The topological polar surface area (TPSA) is 17.0 Å². The summed E-state index contributed by atoms with van der Waals surface area (Å²) in [6, 6.07) is 12.0. The SMILES string of the molecule is CNCc1cccn1-c1cccc(Cl)c1. The first kappa shape index (κ1) is 10.3. The van der Waals surface area contributed by atoms with Gasteiger partial charge in [-0.25, -0.2) is 0 Å². The minimum absolute atomic E-state index is 0.761. The summed E-state index contributed by atoms with van der Waals surface area (Å²) in [4.78, 5) is 0. The summed E-state index contributed by atoms with van der Waals surface area (Å²) >= 11 is 5.96. The van der Waals surface area contributed by atoms with Gasteiger partial charge >= 0.3 is 0 Å². The van der Waals surface area contributed by atoms with Crippen LogP contribution in [0.5, 0.6) is 0 Å². The molecule has 0 spiro atoms. The fourth-order valence-electron chi connectivity index (χ4n) is 1.62. The Bertz CT molecular complexity index is 448. The Morgan fingerprint density at radius 3 is 2.87 bits per heavy atom. The van der Waals surface area contributed by atoms with E-state index in [0.29, 0.717) is 0 Å². The van der Waals surface area contributed by atoms with E-state index in [1.54, 1.807) is 0 Å². The Kier molecular flexibility index (Phi) is 3.09. The third-order valence-corrected chi connectivity index (χ3v) is 2.51. The number of hydrogen-bond acceptors (Lipinski definition) is 1. The van der Waals surface area contributed by atoms with Crippen LogP contribution in [0.15, 0.2) is 42.6 Å². The molecule has 1 N–H and O–H groups in total. The smallest absolute Gasteiger partial charge is 0.0467 e. The van der Waals surface area contributed by atoms with E-state index in [0.717, 1.165) is 17.3 Å². The molecule has 15 heavy (non-hydrogen) atoms. The first-order chi connectivity index (χ1) is 7.31. The van der Waals surface area contributed by atoms with E-state index in [1.807, 2.05) is 43.6 Å². The highest BCUT2D eigenvalue weighted by Gasteiger charge is 2.02. The van der Waals surface area contributed by atoms with Crippen LogP contribution < -0.4 is 5.32 Å². The first-order valence-corrected chi connectivity index (χ1v) is 5.26. The third-order valence-electron chi connectivity index (χ3n) is 2.28. The lowest BCUT2D eigenvalue weighted by Crippen LogP contribution is -2.09. The zero-order valence-electron chi connectivity index (χ0n) is 8.57. The normalized spacial score (nSPS) is 10.5. The molecule has 2 rings (SSSR count). The molecule has 0 aliphatic carbocycles. The van der Waals surface area contributed by atoms with E-state index in [-0.39, 0.29) is 0 Å². The number of nitrogens with one attached hydrogen (secondary N) is 1. The molecule has 0 saturated carbocycles. The minimum atomic E-state index is 0.761. The summed E-state index contributed by atoms with van der Waals surface area (Å²) in [5.74, 6) is 0. The van der Waals surface area contributed by atoms with Gasteiger partial charge in [0.05, 0.1) is 0 Å². The zero-order valence-corrected chi connectivity index (χ0v) is 9.33. The molecule has 0 saturated heterocycles. The highest BCUT2D eigenvalue weighted by atomic mass is 35.5. The molecule has 1 aromatic heterocycles. The van der Waals surface area contributed by atoms with E-state index < -0.39 is 0 Å². The average Bonchev–Trinajstić information content (AvgIpc) is 2.66. The summed E-state index contributed by atoms with van der Waals surface area (Å²) in [5, 5.41) is 3.90. The summed E-state index contributed by atoms with van der Waals surface area (Å²) < 4.78 is 2.13. The quantitative estimate of drug-likeness (QED) is 0.842. The Balaban J connectivity index is 2.40. The monoisotopic (exact) mass is 220 g/mol. The fourth-order valence-corrected chi connectivity index (χ4v) is 1.80.